The second kappa shape index (κ2) is 9.17. The van der Waals surface area contributed by atoms with Crippen molar-refractivity contribution in [3.8, 4) is 11.5 Å². The molecule has 0 radical (unpaired) electrons. The number of halogens is 1. The van der Waals surface area contributed by atoms with Crippen LogP contribution in [0.1, 0.15) is 17.3 Å². The number of carbonyl (C=O) groups is 1. The minimum absolute atomic E-state index is 0.254. The fourth-order valence-corrected chi connectivity index (χ4v) is 3.42. The van der Waals surface area contributed by atoms with Crippen molar-refractivity contribution in [1.82, 2.24) is 4.90 Å². The topological polar surface area (TPSA) is 54.0 Å². The Bertz CT molecular complexity index is 818. The maximum atomic E-state index is 12.6. The molecule has 2 aromatic rings. The fraction of sp³-hybridized carbons (Fsp3) is 0.381. The number of nitrogens with one attached hydrogen (secondary N) is 1. The SMILES string of the molecule is CCOc1c(Cl)cc(C(=O)Nc2ccc(N3CCN(C)CC3)cc2)cc1OC. The molecule has 0 saturated carbocycles. The van der Waals surface area contributed by atoms with Gasteiger partial charge >= 0.3 is 0 Å². The first-order valence-corrected chi connectivity index (χ1v) is 9.75. The third-order valence-corrected chi connectivity index (χ3v) is 5.05. The molecule has 1 N–H and O–H groups in total. The van der Waals surface area contributed by atoms with Gasteiger partial charge in [-0.1, -0.05) is 11.6 Å². The summed E-state index contributed by atoms with van der Waals surface area (Å²) in [7, 11) is 3.66. The standard InChI is InChI=1S/C21H26ClN3O3/c1-4-28-20-18(22)13-15(14-19(20)27-3)21(26)23-16-5-7-17(8-6-16)25-11-9-24(2)10-12-25/h5-8,13-14H,4,9-12H2,1-3H3,(H,23,26). The van der Waals surface area contributed by atoms with Crippen LogP contribution in [0.3, 0.4) is 0 Å². The van der Waals surface area contributed by atoms with E-state index in [0.717, 1.165) is 37.6 Å². The number of hydrogen-bond acceptors (Lipinski definition) is 5. The maximum Gasteiger partial charge on any atom is 0.255 e. The van der Waals surface area contributed by atoms with Crippen molar-refractivity contribution in [1.29, 1.82) is 0 Å². The summed E-state index contributed by atoms with van der Waals surface area (Å²) < 4.78 is 10.8. The highest BCUT2D eigenvalue weighted by atomic mass is 35.5. The number of methoxy groups -OCH3 is 1. The van der Waals surface area contributed by atoms with Gasteiger partial charge in [-0.3, -0.25) is 4.79 Å². The number of benzene rings is 2. The molecule has 0 spiro atoms. The van der Waals surface area contributed by atoms with Gasteiger partial charge in [0.05, 0.1) is 18.7 Å². The average molecular weight is 404 g/mol. The van der Waals surface area contributed by atoms with Gasteiger partial charge in [0, 0.05) is 43.1 Å². The highest BCUT2D eigenvalue weighted by Gasteiger charge is 2.17. The molecule has 1 heterocycles. The lowest BCUT2D eigenvalue weighted by atomic mass is 10.1. The fourth-order valence-electron chi connectivity index (χ4n) is 3.16. The first kappa shape index (κ1) is 20.3. The minimum atomic E-state index is -0.254. The molecule has 7 heteroatoms. The number of hydrogen-bond donors (Lipinski definition) is 1. The van der Waals surface area contributed by atoms with Gasteiger partial charge < -0.3 is 24.6 Å². The molecule has 0 bridgehead atoms. The predicted octanol–water partition coefficient (Wildman–Crippen LogP) is 3.75. The van der Waals surface area contributed by atoms with Gasteiger partial charge in [0.15, 0.2) is 11.5 Å². The van der Waals surface area contributed by atoms with E-state index >= 15 is 0 Å². The van der Waals surface area contributed by atoms with Gasteiger partial charge in [-0.2, -0.15) is 0 Å². The molecule has 3 rings (SSSR count). The van der Waals surface area contributed by atoms with Crippen LogP contribution in [0.5, 0.6) is 11.5 Å². The van der Waals surface area contributed by atoms with Crippen molar-refractivity contribution in [3.63, 3.8) is 0 Å². The predicted molar refractivity (Wildman–Crippen MR) is 113 cm³/mol. The first-order chi connectivity index (χ1) is 13.5. The zero-order chi connectivity index (χ0) is 20.1. The Labute approximate surface area is 171 Å². The van der Waals surface area contributed by atoms with E-state index in [-0.39, 0.29) is 5.91 Å². The Kier molecular flexibility index (Phi) is 6.65. The van der Waals surface area contributed by atoms with Crippen LogP contribution < -0.4 is 19.7 Å². The molecule has 2 aromatic carbocycles. The van der Waals surface area contributed by atoms with E-state index in [1.54, 1.807) is 12.1 Å². The number of likely N-dealkylation sites (N-methyl/N-ethyl adjacent to an activating group) is 1. The van der Waals surface area contributed by atoms with Crippen molar-refractivity contribution >= 4 is 28.9 Å². The third-order valence-electron chi connectivity index (χ3n) is 4.77. The van der Waals surface area contributed by atoms with E-state index in [2.05, 4.69) is 22.2 Å². The van der Waals surface area contributed by atoms with E-state index in [1.165, 1.54) is 7.11 Å². The number of ether oxygens (including phenoxy) is 2. The van der Waals surface area contributed by atoms with Crippen LogP contribution in [0, 0.1) is 0 Å². The Balaban J connectivity index is 1.70. The highest BCUT2D eigenvalue weighted by Crippen LogP contribution is 2.36. The normalized spacial score (nSPS) is 14.6. The number of nitrogens with zero attached hydrogens (tertiary/aromatic N) is 2. The summed E-state index contributed by atoms with van der Waals surface area (Å²) in [5.41, 5.74) is 2.30. The van der Waals surface area contributed by atoms with Crippen LogP contribution in [-0.4, -0.2) is 57.8 Å². The molecular weight excluding hydrogens is 378 g/mol. The quantitative estimate of drug-likeness (QED) is 0.796. The number of carbonyl (C=O) groups excluding carboxylic acids is 1. The van der Waals surface area contributed by atoms with Crippen molar-refractivity contribution in [2.24, 2.45) is 0 Å². The van der Waals surface area contributed by atoms with Crippen molar-refractivity contribution in [2.45, 2.75) is 6.92 Å². The smallest absolute Gasteiger partial charge is 0.255 e. The van der Waals surface area contributed by atoms with Gasteiger partial charge in [-0.15, -0.1) is 0 Å². The number of amides is 1. The van der Waals surface area contributed by atoms with Crippen LogP contribution in [0.25, 0.3) is 0 Å². The van der Waals surface area contributed by atoms with Crippen LogP contribution in [0.15, 0.2) is 36.4 Å². The largest absolute Gasteiger partial charge is 0.493 e. The van der Waals surface area contributed by atoms with E-state index in [0.29, 0.717) is 28.7 Å². The van der Waals surface area contributed by atoms with Gasteiger partial charge in [-0.05, 0) is 50.4 Å². The average Bonchev–Trinajstić information content (AvgIpc) is 2.70. The molecule has 28 heavy (non-hydrogen) atoms. The molecule has 1 aliphatic rings. The molecule has 0 atom stereocenters. The van der Waals surface area contributed by atoms with E-state index in [9.17, 15) is 4.79 Å². The number of anilines is 2. The van der Waals surface area contributed by atoms with E-state index in [1.807, 2.05) is 31.2 Å². The van der Waals surface area contributed by atoms with Gasteiger partial charge in [0.2, 0.25) is 0 Å². The van der Waals surface area contributed by atoms with Crippen LogP contribution in [-0.2, 0) is 0 Å². The summed E-state index contributed by atoms with van der Waals surface area (Å²) in [5.74, 6) is 0.625. The van der Waals surface area contributed by atoms with Crippen LogP contribution >= 0.6 is 11.6 Å². The summed E-state index contributed by atoms with van der Waals surface area (Å²) in [6.45, 7) is 6.44. The molecule has 1 aliphatic heterocycles. The lowest BCUT2D eigenvalue weighted by Gasteiger charge is -2.34. The second-order valence-corrected chi connectivity index (χ2v) is 7.12. The second-order valence-electron chi connectivity index (χ2n) is 6.71. The summed E-state index contributed by atoms with van der Waals surface area (Å²) in [6.07, 6.45) is 0. The molecule has 0 aromatic heterocycles. The number of rotatable bonds is 6. The summed E-state index contributed by atoms with van der Waals surface area (Å²) in [5, 5.41) is 3.25. The Morgan fingerprint density at radius 2 is 1.82 bits per heavy atom. The van der Waals surface area contributed by atoms with Crippen LogP contribution in [0.4, 0.5) is 11.4 Å². The molecule has 0 unspecified atom stereocenters. The molecular formula is C21H26ClN3O3. The zero-order valence-corrected chi connectivity index (χ0v) is 17.3. The van der Waals surface area contributed by atoms with Gasteiger partial charge in [-0.25, -0.2) is 0 Å². The van der Waals surface area contributed by atoms with E-state index in [4.69, 9.17) is 21.1 Å². The molecule has 1 fully saturated rings. The summed E-state index contributed by atoms with van der Waals surface area (Å²) in [6, 6.07) is 11.1. The summed E-state index contributed by atoms with van der Waals surface area (Å²) in [4.78, 5) is 17.3. The molecule has 1 saturated heterocycles. The Morgan fingerprint density at radius 3 is 2.43 bits per heavy atom. The first-order valence-electron chi connectivity index (χ1n) is 9.37. The number of piperazine rings is 1. The molecule has 0 aliphatic carbocycles. The van der Waals surface area contributed by atoms with Gasteiger partial charge in [0.25, 0.3) is 5.91 Å². The minimum Gasteiger partial charge on any atom is -0.493 e. The van der Waals surface area contributed by atoms with Crippen molar-refractivity contribution < 1.29 is 14.3 Å². The maximum absolute atomic E-state index is 12.6. The van der Waals surface area contributed by atoms with E-state index < -0.39 is 0 Å². The van der Waals surface area contributed by atoms with Gasteiger partial charge in [0.1, 0.15) is 0 Å². The highest BCUT2D eigenvalue weighted by molar-refractivity contribution is 6.32. The lowest BCUT2D eigenvalue weighted by molar-refractivity contribution is 0.102. The van der Waals surface area contributed by atoms with Crippen molar-refractivity contribution in [3.05, 3.63) is 47.0 Å². The Hall–Kier alpha value is -2.44. The summed E-state index contributed by atoms with van der Waals surface area (Å²) >= 11 is 6.26. The molecule has 6 nitrogen and oxygen atoms in total. The Morgan fingerprint density at radius 1 is 1.14 bits per heavy atom. The van der Waals surface area contributed by atoms with Crippen molar-refractivity contribution in [2.75, 3.05) is 57.2 Å². The van der Waals surface area contributed by atoms with Crippen LogP contribution in [0.2, 0.25) is 5.02 Å². The molecule has 150 valence electrons. The zero-order valence-electron chi connectivity index (χ0n) is 16.5. The molecule has 1 amide bonds. The lowest BCUT2D eigenvalue weighted by Crippen LogP contribution is -2.44. The third kappa shape index (κ3) is 4.69. The monoisotopic (exact) mass is 403 g/mol.